The zero-order valence-electron chi connectivity index (χ0n) is 11.5. The fourth-order valence-electron chi connectivity index (χ4n) is 2.38. The first-order valence-corrected chi connectivity index (χ1v) is 7.27. The summed E-state index contributed by atoms with van der Waals surface area (Å²) in [6.07, 6.45) is 8.65. The van der Waals surface area contributed by atoms with Gasteiger partial charge in [0, 0.05) is 6.54 Å². The number of rotatable bonds is 6. The van der Waals surface area contributed by atoms with Crippen molar-refractivity contribution in [3.8, 4) is 0 Å². The third-order valence-electron chi connectivity index (χ3n) is 3.65. The molecule has 1 atom stereocenters. The zero-order valence-corrected chi connectivity index (χ0v) is 11.5. The highest BCUT2D eigenvalue weighted by Crippen LogP contribution is 2.12. The largest absolute Gasteiger partial charge is 0.355 e. The first-order valence-electron chi connectivity index (χ1n) is 7.27. The maximum atomic E-state index is 12.0. The van der Waals surface area contributed by atoms with Gasteiger partial charge in [0.2, 0.25) is 5.91 Å². The summed E-state index contributed by atoms with van der Waals surface area (Å²) >= 11 is 0. The molecule has 0 aromatic carbocycles. The van der Waals surface area contributed by atoms with Crippen LogP contribution in [0.3, 0.4) is 0 Å². The van der Waals surface area contributed by atoms with Gasteiger partial charge in [-0.2, -0.15) is 0 Å². The van der Waals surface area contributed by atoms with E-state index in [4.69, 9.17) is 0 Å². The monoisotopic (exact) mass is 240 g/mol. The van der Waals surface area contributed by atoms with Crippen LogP contribution >= 0.6 is 0 Å². The second-order valence-electron chi connectivity index (χ2n) is 5.12. The van der Waals surface area contributed by atoms with Gasteiger partial charge in [0.25, 0.3) is 0 Å². The highest BCUT2D eigenvalue weighted by atomic mass is 16.2. The molecule has 0 radical (unpaired) electrons. The molecule has 100 valence electrons. The summed E-state index contributed by atoms with van der Waals surface area (Å²) in [5.41, 5.74) is 0. The van der Waals surface area contributed by atoms with Crippen molar-refractivity contribution in [1.29, 1.82) is 0 Å². The second-order valence-corrected chi connectivity index (χ2v) is 5.12. The average Bonchev–Trinajstić information content (AvgIpc) is 2.62. The number of nitrogens with zero attached hydrogens (tertiary/aromatic N) is 1. The van der Waals surface area contributed by atoms with Gasteiger partial charge in [0.15, 0.2) is 0 Å². The van der Waals surface area contributed by atoms with Crippen LogP contribution in [0.2, 0.25) is 0 Å². The number of hydrogen-bond acceptors (Lipinski definition) is 2. The zero-order chi connectivity index (χ0) is 12.5. The molecule has 0 bridgehead atoms. The molecule has 1 fully saturated rings. The fourth-order valence-corrected chi connectivity index (χ4v) is 2.38. The van der Waals surface area contributed by atoms with E-state index in [-0.39, 0.29) is 11.9 Å². The average molecular weight is 240 g/mol. The summed E-state index contributed by atoms with van der Waals surface area (Å²) in [6.45, 7) is 7.24. The highest BCUT2D eigenvalue weighted by Gasteiger charge is 2.21. The van der Waals surface area contributed by atoms with Gasteiger partial charge in [-0.25, -0.2) is 0 Å². The van der Waals surface area contributed by atoms with Crippen LogP contribution in [-0.2, 0) is 4.79 Å². The van der Waals surface area contributed by atoms with E-state index in [2.05, 4.69) is 17.1 Å². The Hall–Kier alpha value is -0.570. The molecule has 1 N–H and O–H groups in total. The molecule has 1 heterocycles. The molecule has 3 heteroatoms. The standard InChI is InChI=1S/C14H28N2O/c1-3-4-7-10-15-14(17)13(2)16-11-8-5-6-9-12-16/h13H,3-12H2,1-2H3,(H,15,17). The van der Waals surface area contributed by atoms with Crippen LogP contribution in [0.25, 0.3) is 0 Å². The second kappa shape index (κ2) is 8.51. The molecule has 1 unspecified atom stereocenters. The molecule has 0 saturated carbocycles. The number of carbonyl (C=O) groups excluding carboxylic acids is 1. The quantitative estimate of drug-likeness (QED) is 0.724. The summed E-state index contributed by atoms with van der Waals surface area (Å²) < 4.78 is 0. The van der Waals surface area contributed by atoms with E-state index in [1.54, 1.807) is 0 Å². The molecule has 0 aromatic heterocycles. The molecule has 1 amide bonds. The molecule has 0 spiro atoms. The minimum atomic E-state index is 0.0507. The minimum absolute atomic E-state index is 0.0507. The molecule has 0 aromatic rings. The Bertz CT molecular complexity index is 210. The molecule has 1 aliphatic rings. The van der Waals surface area contributed by atoms with Gasteiger partial charge in [-0.1, -0.05) is 32.6 Å². The lowest BCUT2D eigenvalue weighted by Crippen LogP contribution is -2.45. The van der Waals surface area contributed by atoms with Crippen molar-refractivity contribution in [2.24, 2.45) is 0 Å². The van der Waals surface area contributed by atoms with E-state index in [1.807, 2.05) is 6.92 Å². The number of carbonyl (C=O) groups is 1. The Morgan fingerprint density at radius 1 is 1.18 bits per heavy atom. The third-order valence-corrected chi connectivity index (χ3v) is 3.65. The Balaban J connectivity index is 2.24. The predicted molar refractivity (Wildman–Crippen MR) is 72.0 cm³/mol. The van der Waals surface area contributed by atoms with Crippen LogP contribution in [-0.4, -0.2) is 36.5 Å². The molecule has 0 aliphatic carbocycles. The van der Waals surface area contributed by atoms with Gasteiger partial charge >= 0.3 is 0 Å². The SMILES string of the molecule is CCCCCNC(=O)C(C)N1CCCCCC1. The first kappa shape index (κ1) is 14.5. The Labute approximate surface area is 106 Å². The van der Waals surface area contributed by atoms with Crippen molar-refractivity contribution in [2.75, 3.05) is 19.6 Å². The van der Waals surface area contributed by atoms with Gasteiger partial charge in [-0.3, -0.25) is 9.69 Å². The van der Waals surface area contributed by atoms with E-state index in [9.17, 15) is 4.79 Å². The van der Waals surface area contributed by atoms with Crippen molar-refractivity contribution in [1.82, 2.24) is 10.2 Å². The number of nitrogens with one attached hydrogen (secondary N) is 1. The summed E-state index contributed by atoms with van der Waals surface area (Å²) in [5, 5.41) is 3.05. The Kier molecular flexibility index (Phi) is 7.25. The van der Waals surface area contributed by atoms with Crippen LogP contribution in [0.4, 0.5) is 0 Å². The number of hydrogen-bond donors (Lipinski definition) is 1. The smallest absolute Gasteiger partial charge is 0.237 e. The van der Waals surface area contributed by atoms with Crippen molar-refractivity contribution in [2.45, 2.75) is 64.8 Å². The van der Waals surface area contributed by atoms with Crippen LogP contribution in [0, 0.1) is 0 Å². The van der Waals surface area contributed by atoms with Crippen molar-refractivity contribution in [3.63, 3.8) is 0 Å². The maximum absolute atomic E-state index is 12.0. The third kappa shape index (κ3) is 5.53. The molecule has 1 saturated heterocycles. The van der Waals surface area contributed by atoms with Crippen molar-refractivity contribution >= 4 is 5.91 Å². The van der Waals surface area contributed by atoms with Gasteiger partial charge in [0.1, 0.15) is 0 Å². The topological polar surface area (TPSA) is 32.3 Å². The van der Waals surface area contributed by atoms with Crippen LogP contribution in [0.1, 0.15) is 58.8 Å². The summed E-state index contributed by atoms with van der Waals surface area (Å²) in [5.74, 6) is 0.211. The van der Waals surface area contributed by atoms with Crippen LogP contribution in [0.15, 0.2) is 0 Å². The number of amides is 1. The first-order chi connectivity index (χ1) is 8.25. The van der Waals surface area contributed by atoms with Crippen LogP contribution < -0.4 is 5.32 Å². The number of unbranched alkanes of at least 4 members (excludes halogenated alkanes) is 2. The normalized spacial score (nSPS) is 19.6. The van der Waals surface area contributed by atoms with Crippen LogP contribution in [0.5, 0.6) is 0 Å². The molecule has 1 rings (SSSR count). The van der Waals surface area contributed by atoms with Gasteiger partial charge in [0.05, 0.1) is 6.04 Å². The fraction of sp³-hybridized carbons (Fsp3) is 0.929. The lowest BCUT2D eigenvalue weighted by Gasteiger charge is -2.26. The predicted octanol–water partition coefficient (Wildman–Crippen LogP) is 2.56. The van der Waals surface area contributed by atoms with E-state index in [0.29, 0.717) is 0 Å². The lowest BCUT2D eigenvalue weighted by molar-refractivity contribution is -0.125. The van der Waals surface area contributed by atoms with Gasteiger partial charge in [-0.05, 0) is 39.3 Å². The summed E-state index contributed by atoms with van der Waals surface area (Å²) in [7, 11) is 0. The van der Waals surface area contributed by atoms with Crippen molar-refractivity contribution in [3.05, 3.63) is 0 Å². The van der Waals surface area contributed by atoms with E-state index >= 15 is 0 Å². The molecular formula is C14H28N2O. The molecular weight excluding hydrogens is 212 g/mol. The van der Waals surface area contributed by atoms with Gasteiger partial charge in [-0.15, -0.1) is 0 Å². The lowest BCUT2D eigenvalue weighted by atomic mass is 10.2. The van der Waals surface area contributed by atoms with Gasteiger partial charge < -0.3 is 5.32 Å². The Morgan fingerprint density at radius 2 is 1.82 bits per heavy atom. The van der Waals surface area contributed by atoms with E-state index in [0.717, 1.165) is 26.1 Å². The Morgan fingerprint density at radius 3 is 2.41 bits per heavy atom. The molecule has 17 heavy (non-hydrogen) atoms. The highest BCUT2D eigenvalue weighted by molar-refractivity contribution is 5.81. The minimum Gasteiger partial charge on any atom is -0.355 e. The molecule has 3 nitrogen and oxygen atoms in total. The summed E-state index contributed by atoms with van der Waals surface area (Å²) in [6, 6.07) is 0.0507. The van der Waals surface area contributed by atoms with Crippen molar-refractivity contribution < 1.29 is 4.79 Å². The maximum Gasteiger partial charge on any atom is 0.237 e. The van der Waals surface area contributed by atoms with E-state index in [1.165, 1.54) is 38.5 Å². The van der Waals surface area contributed by atoms with E-state index < -0.39 is 0 Å². The summed E-state index contributed by atoms with van der Waals surface area (Å²) in [4.78, 5) is 14.3. The molecule has 1 aliphatic heterocycles. The number of likely N-dealkylation sites (tertiary alicyclic amines) is 1.